The molecule has 0 heterocycles. The van der Waals surface area contributed by atoms with E-state index in [2.05, 4.69) is 6.58 Å². The zero-order valence-corrected chi connectivity index (χ0v) is 6.41. The van der Waals surface area contributed by atoms with Crippen molar-refractivity contribution in [2.24, 2.45) is 5.92 Å². The van der Waals surface area contributed by atoms with Crippen LogP contribution in [0.4, 0.5) is 0 Å². The van der Waals surface area contributed by atoms with Crippen LogP contribution in [0.1, 0.15) is 0 Å². The van der Waals surface area contributed by atoms with Crippen LogP contribution in [0, 0.1) is 5.92 Å². The Hall–Kier alpha value is -0.880. The Morgan fingerprint density at radius 2 is 2.09 bits per heavy atom. The minimum atomic E-state index is -4.23. The zero-order valence-electron chi connectivity index (χ0n) is 5.60. The van der Waals surface area contributed by atoms with Gasteiger partial charge < -0.3 is 5.11 Å². The van der Waals surface area contributed by atoms with Gasteiger partial charge in [-0.3, -0.25) is 9.35 Å². The summed E-state index contributed by atoms with van der Waals surface area (Å²) in [5.41, 5.74) is 0. The summed E-state index contributed by atoms with van der Waals surface area (Å²) >= 11 is 0. The van der Waals surface area contributed by atoms with E-state index < -0.39 is 27.8 Å². The zero-order chi connectivity index (χ0) is 9.07. The molecule has 0 aliphatic heterocycles. The molecule has 0 aromatic rings. The Kier molecular flexibility index (Phi) is 3.21. The fourth-order valence-corrected chi connectivity index (χ4v) is 1.20. The molecule has 0 aromatic heterocycles. The van der Waals surface area contributed by atoms with Crippen LogP contribution in [-0.4, -0.2) is 29.8 Å². The van der Waals surface area contributed by atoms with Crippen molar-refractivity contribution < 1.29 is 22.9 Å². The van der Waals surface area contributed by atoms with E-state index in [-0.39, 0.29) is 0 Å². The van der Waals surface area contributed by atoms with Gasteiger partial charge in [0.05, 0.1) is 11.7 Å². The standard InChI is InChI=1S/C5H8O5S/c1-2-4(5(6)7)3-11(8,9)10/h2,4H,1,3H2,(H,6,7)(H,8,9,10). The number of carboxylic acid groups (broad SMARTS) is 1. The number of hydrogen-bond acceptors (Lipinski definition) is 3. The Bertz CT molecular complexity index is 252. The van der Waals surface area contributed by atoms with E-state index in [9.17, 15) is 13.2 Å². The van der Waals surface area contributed by atoms with Crippen molar-refractivity contribution in [3.8, 4) is 0 Å². The van der Waals surface area contributed by atoms with Crippen molar-refractivity contribution in [1.29, 1.82) is 0 Å². The minimum Gasteiger partial charge on any atom is -0.481 e. The van der Waals surface area contributed by atoms with Crippen molar-refractivity contribution in [3.63, 3.8) is 0 Å². The molecule has 1 atom stereocenters. The molecular formula is C5H8O5S. The van der Waals surface area contributed by atoms with E-state index in [1.807, 2.05) is 0 Å². The van der Waals surface area contributed by atoms with Crippen molar-refractivity contribution >= 4 is 16.1 Å². The number of aliphatic carboxylic acids is 1. The Balaban J connectivity index is 4.34. The first-order valence-electron chi connectivity index (χ1n) is 2.67. The summed E-state index contributed by atoms with van der Waals surface area (Å²) in [6.07, 6.45) is 0.954. The third-order valence-corrected chi connectivity index (χ3v) is 1.77. The maximum atomic E-state index is 10.2. The molecule has 11 heavy (non-hydrogen) atoms. The normalized spacial score (nSPS) is 13.9. The second kappa shape index (κ2) is 3.49. The van der Waals surface area contributed by atoms with Crippen LogP contribution >= 0.6 is 0 Å². The van der Waals surface area contributed by atoms with Crippen LogP contribution in [0.5, 0.6) is 0 Å². The number of carboxylic acids is 1. The Labute approximate surface area is 64.1 Å². The van der Waals surface area contributed by atoms with E-state index in [1.54, 1.807) is 0 Å². The lowest BCUT2D eigenvalue weighted by atomic mass is 10.2. The monoisotopic (exact) mass is 180 g/mol. The smallest absolute Gasteiger partial charge is 0.311 e. The SMILES string of the molecule is C=CC(CS(=O)(=O)O)C(=O)O. The fourth-order valence-electron chi connectivity index (χ4n) is 0.467. The fraction of sp³-hybridized carbons (Fsp3) is 0.400. The lowest BCUT2D eigenvalue weighted by Gasteiger charge is -2.02. The quantitative estimate of drug-likeness (QED) is 0.460. The molecule has 0 rings (SSSR count). The molecule has 0 saturated carbocycles. The second-order valence-corrected chi connectivity index (χ2v) is 3.43. The molecule has 0 radical (unpaired) electrons. The van der Waals surface area contributed by atoms with Crippen molar-refractivity contribution in [3.05, 3.63) is 12.7 Å². The van der Waals surface area contributed by atoms with Crippen molar-refractivity contribution in [2.75, 3.05) is 5.75 Å². The van der Waals surface area contributed by atoms with Gasteiger partial charge in [-0.2, -0.15) is 8.42 Å². The first-order valence-corrected chi connectivity index (χ1v) is 4.28. The van der Waals surface area contributed by atoms with Gasteiger partial charge >= 0.3 is 5.97 Å². The minimum absolute atomic E-state index is 0.828. The lowest BCUT2D eigenvalue weighted by molar-refractivity contribution is -0.139. The number of carbonyl (C=O) groups is 1. The van der Waals surface area contributed by atoms with Crippen LogP contribution in [0.15, 0.2) is 12.7 Å². The van der Waals surface area contributed by atoms with Crippen LogP contribution in [0.3, 0.4) is 0 Å². The van der Waals surface area contributed by atoms with Gasteiger partial charge in [0.2, 0.25) is 0 Å². The molecular weight excluding hydrogens is 172 g/mol. The molecule has 0 aliphatic carbocycles. The highest BCUT2D eigenvalue weighted by Gasteiger charge is 2.19. The summed E-state index contributed by atoms with van der Waals surface area (Å²) in [5, 5.41) is 8.29. The molecule has 0 fully saturated rings. The highest BCUT2D eigenvalue weighted by Crippen LogP contribution is 2.01. The third kappa shape index (κ3) is 4.51. The highest BCUT2D eigenvalue weighted by molar-refractivity contribution is 7.85. The topological polar surface area (TPSA) is 91.7 Å². The van der Waals surface area contributed by atoms with E-state index in [4.69, 9.17) is 9.66 Å². The lowest BCUT2D eigenvalue weighted by Crippen LogP contribution is -2.21. The predicted octanol–water partition coefficient (Wildman–Crippen LogP) is -0.239. The maximum absolute atomic E-state index is 10.2. The first-order chi connectivity index (χ1) is 4.87. The van der Waals surface area contributed by atoms with Crippen molar-refractivity contribution in [2.45, 2.75) is 0 Å². The Morgan fingerprint density at radius 3 is 2.18 bits per heavy atom. The first kappa shape index (κ1) is 10.1. The van der Waals surface area contributed by atoms with Crippen LogP contribution in [0.2, 0.25) is 0 Å². The van der Waals surface area contributed by atoms with Gasteiger partial charge in [0.15, 0.2) is 0 Å². The molecule has 5 nitrogen and oxygen atoms in total. The molecule has 2 N–H and O–H groups in total. The molecule has 0 amide bonds. The summed E-state index contributed by atoms with van der Waals surface area (Å²) in [7, 11) is -4.23. The molecule has 1 unspecified atom stereocenters. The average Bonchev–Trinajstić information content (AvgIpc) is 1.80. The van der Waals surface area contributed by atoms with Crippen molar-refractivity contribution in [1.82, 2.24) is 0 Å². The van der Waals surface area contributed by atoms with Gasteiger partial charge in [-0.25, -0.2) is 0 Å². The third-order valence-electron chi connectivity index (χ3n) is 0.992. The molecule has 0 aliphatic rings. The summed E-state index contributed by atoms with van der Waals surface area (Å²) in [6, 6.07) is 0. The molecule has 0 bridgehead atoms. The maximum Gasteiger partial charge on any atom is 0.311 e. The molecule has 0 aromatic carbocycles. The Morgan fingerprint density at radius 1 is 1.64 bits per heavy atom. The summed E-state index contributed by atoms with van der Waals surface area (Å²) in [6.45, 7) is 3.11. The highest BCUT2D eigenvalue weighted by atomic mass is 32.2. The van der Waals surface area contributed by atoms with Gasteiger partial charge in [0, 0.05) is 0 Å². The van der Waals surface area contributed by atoms with Gasteiger partial charge in [-0.05, 0) is 0 Å². The molecule has 6 heteroatoms. The van der Waals surface area contributed by atoms with Gasteiger partial charge in [-0.1, -0.05) is 6.08 Å². The van der Waals surface area contributed by atoms with Gasteiger partial charge in [0.1, 0.15) is 0 Å². The van der Waals surface area contributed by atoms with Crippen LogP contribution < -0.4 is 0 Å². The molecule has 0 spiro atoms. The van der Waals surface area contributed by atoms with E-state index >= 15 is 0 Å². The largest absolute Gasteiger partial charge is 0.481 e. The molecule has 0 saturated heterocycles. The number of hydrogen-bond donors (Lipinski definition) is 2. The van der Waals surface area contributed by atoms with E-state index in [1.165, 1.54) is 0 Å². The van der Waals surface area contributed by atoms with Crippen LogP contribution in [0.25, 0.3) is 0 Å². The molecule has 64 valence electrons. The summed E-state index contributed by atoms with van der Waals surface area (Å²) < 4.78 is 28.5. The van der Waals surface area contributed by atoms with Crippen LogP contribution in [-0.2, 0) is 14.9 Å². The summed E-state index contributed by atoms with van der Waals surface area (Å²) in [4.78, 5) is 10.2. The average molecular weight is 180 g/mol. The van der Waals surface area contributed by atoms with E-state index in [0.29, 0.717) is 0 Å². The van der Waals surface area contributed by atoms with Gasteiger partial charge in [0.25, 0.3) is 10.1 Å². The second-order valence-electron chi connectivity index (χ2n) is 1.93. The summed E-state index contributed by atoms with van der Waals surface area (Å²) in [5.74, 6) is -3.39. The predicted molar refractivity (Wildman–Crippen MR) is 37.7 cm³/mol. The van der Waals surface area contributed by atoms with Gasteiger partial charge in [-0.15, -0.1) is 6.58 Å². The number of rotatable bonds is 4. The van der Waals surface area contributed by atoms with E-state index in [0.717, 1.165) is 6.08 Å².